The van der Waals surface area contributed by atoms with E-state index in [0.29, 0.717) is 16.8 Å². The molecule has 1 saturated heterocycles. The molecule has 1 heterocycles. The van der Waals surface area contributed by atoms with E-state index in [9.17, 15) is 9.18 Å². The van der Waals surface area contributed by atoms with Gasteiger partial charge >= 0.3 is 0 Å². The van der Waals surface area contributed by atoms with Crippen molar-refractivity contribution in [1.29, 1.82) is 0 Å². The monoisotopic (exact) mass is 378 g/mol. The first-order valence-electron chi connectivity index (χ1n) is 6.96. The third-order valence-electron chi connectivity index (χ3n) is 3.70. The third kappa shape index (κ3) is 5.24. The van der Waals surface area contributed by atoms with Crippen LogP contribution in [0, 0.1) is 11.7 Å². The molecule has 1 atom stereocenters. The Morgan fingerprint density at radius 1 is 1.52 bits per heavy atom. The molecule has 3 nitrogen and oxygen atoms in total. The maximum Gasteiger partial charge on any atom is 0.226 e. The molecule has 0 spiro atoms. The predicted molar refractivity (Wildman–Crippen MR) is 88.3 cm³/mol. The van der Waals surface area contributed by atoms with E-state index in [4.69, 9.17) is 0 Å². The lowest BCUT2D eigenvalue weighted by molar-refractivity contribution is -0.132. The average molecular weight is 380 g/mol. The highest BCUT2D eigenvalue weighted by atomic mass is 79.9. The summed E-state index contributed by atoms with van der Waals surface area (Å²) in [6, 6.07) is 4.75. The summed E-state index contributed by atoms with van der Waals surface area (Å²) in [5, 5.41) is 3.17. The number of carbonyl (C=O) groups is 1. The smallest absolute Gasteiger partial charge is 0.226 e. The molecule has 1 aromatic rings. The van der Waals surface area contributed by atoms with Gasteiger partial charge in [-0.25, -0.2) is 4.39 Å². The van der Waals surface area contributed by atoms with E-state index in [-0.39, 0.29) is 24.1 Å². The second-order valence-corrected chi connectivity index (χ2v) is 6.19. The highest BCUT2D eigenvalue weighted by Gasteiger charge is 2.23. The van der Waals surface area contributed by atoms with Crippen molar-refractivity contribution < 1.29 is 9.18 Å². The number of halogens is 3. The lowest BCUT2D eigenvalue weighted by atomic mass is 9.97. The number of nitrogens with zero attached hydrogens (tertiary/aromatic N) is 1. The molecule has 1 aromatic carbocycles. The first-order chi connectivity index (χ1) is 9.60. The van der Waals surface area contributed by atoms with E-state index in [1.807, 2.05) is 11.9 Å². The van der Waals surface area contributed by atoms with Crippen molar-refractivity contribution in [2.45, 2.75) is 19.3 Å². The molecule has 1 amide bonds. The first-order valence-corrected chi connectivity index (χ1v) is 7.75. The number of likely N-dealkylation sites (tertiary alicyclic amines) is 1. The minimum Gasteiger partial charge on any atom is -0.342 e. The van der Waals surface area contributed by atoms with Crippen molar-refractivity contribution >= 4 is 34.2 Å². The van der Waals surface area contributed by atoms with Gasteiger partial charge in [-0.2, -0.15) is 0 Å². The van der Waals surface area contributed by atoms with Crippen molar-refractivity contribution in [2.24, 2.45) is 5.92 Å². The maximum atomic E-state index is 13.2. The van der Waals surface area contributed by atoms with Crippen molar-refractivity contribution in [1.82, 2.24) is 10.2 Å². The van der Waals surface area contributed by atoms with Gasteiger partial charge in [0.15, 0.2) is 0 Å². The molecular weight excluding hydrogens is 359 g/mol. The lowest BCUT2D eigenvalue weighted by Gasteiger charge is -2.32. The first kappa shape index (κ1) is 18.4. The molecule has 0 radical (unpaired) electrons. The van der Waals surface area contributed by atoms with Crippen LogP contribution in [0.2, 0.25) is 0 Å². The van der Waals surface area contributed by atoms with E-state index in [2.05, 4.69) is 21.2 Å². The zero-order valence-corrected chi connectivity index (χ0v) is 14.5. The highest BCUT2D eigenvalue weighted by Crippen LogP contribution is 2.20. The molecule has 1 N–H and O–H groups in total. The molecule has 6 heteroatoms. The average Bonchev–Trinajstić information content (AvgIpc) is 2.43. The van der Waals surface area contributed by atoms with Gasteiger partial charge in [0.05, 0.1) is 10.9 Å². The SMILES string of the molecule is CNCC1CCCN(C(=O)Cc2ccc(F)c(Br)c2)C1.Cl. The lowest BCUT2D eigenvalue weighted by Crippen LogP contribution is -2.43. The van der Waals surface area contributed by atoms with Crippen molar-refractivity contribution in [3.63, 3.8) is 0 Å². The van der Waals surface area contributed by atoms with Crippen molar-refractivity contribution in [3.8, 4) is 0 Å². The largest absolute Gasteiger partial charge is 0.342 e. The number of amides is 1. The molecule has 0 aromatic heterocycles. The van der Waals surface area contributed by atoms with Crippen LogP contribution < -0.4 is 5.32 Å². The van der Waals surface area contributed by atoms with Gasteiger partial charge in [0.1, 0.15) is 5.82 Å². The van der Waals surface area contributed by atoms with Crippen LogP contribution in [-0.4, -0.2) is 37.5 Å². The Balaban J connectivity index is 0.00000220. The third-order valence-corrected chi connectivity index (χ3v) is 4.31. The van der Waals surface area contributed by atoms with Gasteiger partial charge in [-0.15, -0.1) is 12.4 Å². The molecular formula is C15H21BrClFN2O. The van der Waals surface area contributed by atoms with Crippen LogP contribution in [0.25, 0.3) is 0 Å². The van der Waals surface area contributed by atoms with Crippen LogP contribution in [0.15, 0.2) is 22.7 Å². The van der Waals surface area contributed by atoms with Gasteiger partial charge in [0.2, 0.25) is 5.91 Å². The molecule has 0 aliphatic carbocycles. The zero-order chi connectivity index (χ0) is 14.5. The summed E-state index contributed by atoms with van der Waals surface area (Å²) in [5.74, 6) is 0.371. The van der Waals surface area contributed by atoms with Gasteiger partial charge in [-0.1, -0.05) is 6.07 Å². The quantitative estimate of drug-likeness (QED) is 0.872. The molecule has 0 bridgehead atoms. The summed E-state index contributed by atoms with van der Waals surface area (Å²) >= 11 is 3.15. The predicted octanol–water partition coefficient (Wildman–Crippen LogP) is 3.01. The van der Waals surface area contributed by atoms with Crippen LogP contribution in [0.4, 0.5) is 4.39 Å². The second-order valence-electron chi connectivity index (χ2n) is 5.33. The molecule has 1 fully saturated rings. The zero-order valence-electron chi connectivity index (χ0n) is 12.1. The Bertz CT molecular complexity index is 485. The Labute approximate surface area is 139 Å². The fourth-order valence-electron chi connectivity index (χ4n) is 2.68. The van der Waals surface area contributed by atoms with Crippen LogP contribution >= 0.6 is 28.3 Å². The Morgan fingerprint density at radius 2 is 2.29 bits per heavy atom. The van der Waals surface area contributed by atoms with Gasteiger partial charge in [0, 0.05) is 13.1 Å². The fraction of sp³-hybridized carbons (Fsp3) is 0.533. The topological polar surface area (TPSA) is 32.3 Å². The van der Waals surface area contributed by atoms with E-state index in [1.54, 1.807) is 12.1 Å². The standard InChI is InChI=1S/C15H20BrFN2O.ClH/c1-18-9-12-3-2-6-19(10-12)15(20)8-11-4-5-14(17)13(16)7-11;/h4-5,7,12,18H,2-3,6,8-10H2,1H3;1H. The minimum atomic E-state index is -0.298. The van der Waals surface area contributed by atoms with Gasteiger partial charge in [-0.05, 0) is 66.0 Å². The Hall–Kier alpha value is -0.650. The van der Waals surface area contributed by atoms with Crippen molar-refractivity contribution in [2.75, 3.05) is 26.7 Å². The van der Waals surface area contributed by atoms with E-state index in [1.165, 1.54) is 12.5 Å². The van der Waals surface area contributed by atoms with Crippen molar-refractivity contribution in [3.05, 3.63) is 34.1 Å². The summed E-state index contributed by atoms with van der Waals surface area (Å²) < 4.78 is 13.6. The van der Waals surface area contributed by atoms with E-state index in [0.717, 1.165) is 31.6 Å². The summed E-state index contributed by atoms with van der Waals surface area (Å²) in [5.41, 5.74) is 0.846. The second kappa shape index (κ2) is 8.71. The van der Waals surface area contributed by atoms with Gasteiger partial charge in [-0.3, -0.25) is 4.79 Å². The molecule has 2 rings (SSSR count). The number of hydrogen-bond acceptors (Lipinski definition) is 2. The Kier molecular flexibility index (Phi) is 7.63. The Morgan fingerprint density at radius 3 is 2.95 bits per heavy atom. The number of hydrogen-bond donors (Lipinski definition) is 1. The summed E-state index contributed by atoms with van der Waals surface area (Å²) in [7, 11) is 1.94. The van der Waals surface area contributed by atoms with Crippen LogP contribution in [0.3, 0.4) is 0 Å². The number of rotatable bonds is 4. The highest BCUT2D eigenvalue weighted by molar-refractivity contribution is 9.10. The molecule has 1 aliphatic heterocycles. The summed E-state index contributed by atoms with van der Waals surface area (Å²) in [4.78, 5) is 14.2. The fourth-order valence-corrected chi connectivity index (χ4v) is 3.11. The number of piperidine rings is 1. The number of carbonyl (C=O) groups excluding carboxylic acids is 1. The maximum absolute atomic E-state index is 13.2. The number of nitrogens with one attached hydrogen (secondary N) is 1. The van der Waals surface area contributed by atoms with Crippen LogP contribution in [0.5, 0.6) is 0 Å². The molecule has 0 saturated carbocycles. The summed E-state index contributed by atoms with van der Waals surface area (Å²) in [6.45, 7) is 2.61. The molecule has 118 valence electrons. The minimum absolute atomic E-state index is 0. The number of benzene rings is 1. The summed E-state index contributed by atoms with van der Waals surface area (Å²) in [6.07, 6.45) is 2.57. The molecule has 1 unspecified atom stereocenters. The van der Waals surface area contributed by atoms with Crippen LogP contribution in [0.1, 0.15) is 18.4 Å². The molecule has 1 aliphatic rings. The normalized spacial score (nSPS) is 18.2. The van der Waals surface area contributed by atoms with Crippen LogP contribution in [-0.2, 0) is 11.2 Å². The molecule has 21 heavy (non-hydrogen) atoms. The van der Waals surface area contributed by atoms with Gasteiger partial charge < -0.3 is 10.2 Å². The van der Waals surface area contributed by atoms with Gasteiger partial charge in [0.25, 0.3) is 0 Å². The van der Waals surface area contributed by atoms with E-state index < -0.39 is 0 Å². The van der Waals surface area contributed by atoms with E-state index >= 15 is 0 Å².